The molecule has 0 saturated heterocycles. The minimum Gasteiger partial charge on any atom is -0.490 e. The lowest BCUT2D eigenvalue weighted by molar-refractivity contribution is 0.150. The van der Waals surface area contributed by atoms with Gasteiger partial charge in [-0.15, -0.1) is 0 Å². The Morgan fingerprint density at radius 2 is 1.50 bits per heavy atom. The van der Waals surface area contributed by atoms with Crippen molar-refractivity contribution in [1.82, 2.24) is 0 Å². The van der Waals surface area contributed by atoms with E-state index in [-0.39, 0.29) is 0 Å². The summed E-state index contributed by atoms with van der Waals surface area (Å²) in [5, 5.41) is 0. The number of unbranched alkanes of at least 4 members (excludes halogenated alkanes) is 2. The molecule has 0 bridgehead atoms. The highest BCUT2D eigenvalue weighted by atomic mass is 16.5. The maximum Gasteiger partial charge on any atom is 0.123 e. The minimum atomic E-state index is 0.370. The molecule has 1 heteroatoms. The smallest absolute Gasteiger partial charge is 0.123 e. The summed E-state index contributed by atoms with van der Waals surface area (Å²) in [6, 6.07) is 17.7. The zero-order valence-electron chi connectivity index (χ0n) is 17.7. The molecule has 4 rings (SSSR count). The quantitative estimate of drug-likeness (QED) is 0.427. The van der Waals surface area contributed by atoms with Gasteiger partial charge in [0, 0.05) is 6.42 Å². The highest BCUT2D eigenvalue weighted by Crippen LogP contribution is 2.38. The molecule has 1 aliphatic carbocycles. The molecule has 2 aromatic carbocycles. The number of hydrogen-bond donors (Lipinski definition) is 0. The Labute approximate surface area is 171 Å². The van der Waals surface area contributed by atoms with Crippen LogP contribution in [0, 0.1) is 17.8 Å². The molecule has 0 saturated carbocycles. The van der Waals surface area contributed by atoms with Crippen LogP contribution in [0.2, 0.25) is 0 Å². The van der Waals surface area contributed by atoms with Crippen molar-refractivity contribution in [2.45, 2.75) is 77.7 Å². The largest absolute Gasteiger partial charge is 0.490 e. The van der Waals surface area contributed by atoms with Crippen LogP contribution in [-0.4, -0.2) is 6.10 Å². The van der Waals surface area contributed by atoms with Crippen molar-refractivity contribution in [3.05, 3.63) is 65.2 Å². The molecule has 0 amide bonds. The molecule has 150 valence electrons. The van der Waals surface area contributed by atoms with Crippen LogP contribution >= 0.6 is 0 Å². The Hall–Kier alpha value is -1.76. The SMILES string of the molecule is CCCCCC(CCC(C)C1Cc2ccccc2O1)C1Cc2ccccc2C1. The second-order valence-corrected chi connectivity index (χ2v) is 9.22. The summed E-state index contributed by atoms with van der Waals surface area (Å²) in [6.45, 7) is 4.72. The average Bonchev–Trinajstić information content (AvgIpc) is 3.34. The van der Waals surface area contributed by atoms with Gasteiger partial charge in [-0.2, -0.15) is 0 Å². The second-order valence-electron chi connectivity index (χ2n) is 9.22. The van der Waals surface area contributed by atoms with Crippen LogP contribution in [0.5, 0.6) is 5.75 Å². The highest BCUT2D eigenvalue weighted by Gasteiger charge is 2.31. The molecule has 3 unspecified atom stereocenters. The maximum absolute atomic E-state index is 6.28. The van der Waals surface area contributed by atoms with Gasteiger partial charge in [0.15, 0.2) is 0 Å². The fourth-order valence-corrected chi connectivity index (χ4v) is 5.39. The van der Waals surface area contributed by atoms with E-state index in [1.54, 1.807) is 11.1 Å². The van der Waals surface area contributed by atoms with Gasteiger partial charge in [-0.1, -0.05) is 82.0 Å². The lowest BCUT2D eigenvalue weighted by atomic mass is 9.80. The van der Waals surface area contributed by atoms with Crippen LogP contribution in [0.1, 0.15) is 69.1 Å². The van der Waals surface area contributed by atoms with Crippen LogP contribution in [0.25, 0.3) is 0 Å². The summed E-state index contributed by atoms with van der Waals surface area (Å²) in [4.78, 5) is 0. The Morgan fingerprint density at radius 1 is 0.821 bits per heavy atom. The van der Waals surface area contributed by atoms with E-state index >= 15 is 0 Å². The number of benzene rings is 2. The first-order chi connectivity index (χ1) is 13.7. The van der Waals surface area contributed by atoms with Gasteiger partial charge in [0.25, 0.3) is 0 Å². The summed E-state index contributed by atoms with van der Waals surface area (Å²) in [6.07, 6.45) is 12.2. The Bertz CT molecular complexity index is 714. The van der Waals surface area contributed by atoms with Gasteiger partial charge in [0.2, 0.25) is 0 Å². The Kier molecular flexibility index (Phi) is 6.40. The third kappa shape index (κ3) is 4.45. The number of ether oxygens (including phenoxy) is 1. The van der Waals surface area contributed by atoms with Crippen LogP contribution in [0.3, 0.4) is 0 Å². The van der Waals surface area contributed by atoms with Crippen molar-refractivity contribution >= 4 is 0 Å². The predicted octanol–water partition coefficient (Wildman–Crippen LogP) is 7.02. The number of para-hydroxylation sites is 1. The molecule has 28 heavy (non-hydrogen) atoms. The maximum atomic E-state index is 6.28. The monoisotopic (exact) mass is 376 g/mol. The van der Waals surface area contributed by atoms with Crippen LogP contribution < -0.4 is 4.74 Å². The van der Waals surface area contributed by atoms with Gasteiger partial charge in [-0.3, -0.25) is 0 Å². The average molecular weight is 377 g/mol. The van der Waals surface area contributed by atoms with Crippen molar-refractivity contribution in [3.63, 3.8) is 0 Å². The first-order valence-corrected chi connectivity index (χ1v) is 11.6. The molecule has 1 aliphatic heterocycles. The van der Waals surface area contributed by atoms with E-state index in [2.05, 4.69) is 62.4 Å². The number of hydrogen-bond acceptors (Lipinski definition) is 1. The lowest BCUT2D eigenvalue weighted by Gasteiger charge is -2.27. The van der Waals surface area contributed by atoms with Gasteiger partial charge < -0.3 is 4.74 Å². The zero-order chi connectivity index (χ0) is 19.3. The van der Waals surface area contributed by atoms with E-state index in [0.717, 1.165) is 24.0 Å². The first kappa shape index (κ1) is 19.6. The zero-order valence-corrected chi connectivity index (χ0v) is 17.7. The van der Waals surface area contributed by atoms with Gasteiger partial charge in [0.1, 0.15) is 11.9 Å². The molecular formula is C27H36O. The van der Waals surface area contributed by atoms with Crippen molar-refractivity contribution in [1.29, 1.82) is 0 Å². The van der Waals surface area contributed by atoms with Gasteiger partial charge in [-0.25, -0.2) is 0 Å². The van der Waals surface area contributed by atoms with E-state index in [4.69, 9.17) is 4.74 Å². The van der Waals surface area contributed by atoms with Crippen molar-refractivity contribution in [3.8, 4) is 5.75 Å². The van der Waals surface area contributed by atoms with E-state index in [0.29, 0.717) is 12.0 Å². The molecule has 3 atom stereocenters. The minimum absolute atomic E-state index is 0.370. The molecule has 1 heterocycles. The molecule has 2 aromatic rings. The van der Waals surface area contributed by atoms with E-state index in [1.807, 2.05) is 0 Å². The van der Waals surface area contributed by atoms with E-state index in [9.17, 15) is 0 Å². The normalized spacial score (nSPS) is 20.4. The van der Waals surface area contributed by atoms with Crippen molar-refractivity contribution in [2.24, 2.45) is 17.8 Å². The second kappa shape index (κ2) is 9.16. The number of fused-ring (bicyclic) bond motifs is 2. The fraction of sp³-hybridized carbons (Fsp3) is 0.556. The molecule has 0 fully saturated rings. The number of rotatable bonds is 9. The molecule has 1 nitrogen and oxygen atoms in total. The summed E-state index contributed by atoms with van der Waals surface area (Å²) in [5.74, 6) is 3.46. The predicted molar refractivity (Wildman–Crippen MR) is 118 cm³/mol. The summed E-state index contributed by atoms with van der Waals surface area (Å²) >= 11 is 0. The summed E-state index contributed by atoms with van der Waals surface area (Å²) in [5.41, 5.74) is 4.61. The van der Waals surface area contributed by atoms with Crippen LogP contribution in [0.4, 0.5) is 0 Å². The standard InChI is InChI=1S/C27H36O/c1-3-4-5-10-21(25-17-22-11-6-7-12-23(22)18-25)16-15-20(2)27-19-24-13-8-9-14-26(24)28-27/h6-9,11-14,20-21,25,27H,3-5,10,15-19H2,1-2H3. The van der Waals surface area contributed by atoms with Crippen molar-refractivity contribution < 1.29 is 4.74 Å². The van der Waals surface area contributed by atoms with Crippen LogP contribution in [-0.2, 0) is 19.3 Å². The van der Waals surface area contributed by atoms with Gasteiger partial charge in [0.05, 0.1) is 0 Å². The molecule has 0 spiro atoms. The van der Waals surface area contributed by atoms with Crippen molar-refractivity contribution in [2.75, 3.05) is 0 Å². The third-order valence-electron chi connectivity index (χ3n) is 7.23. The third-order valence-corrected chi connectivity index (χ3v) is 7.23. The Balaban J connectivity index is 1.34. The van der Waals surface area contributed by atoms with Crippen LogP contribution in [0.15, 0.2) is 48.5 Å². The highest BCUT2D eigenvalue weighted by molar-refractivity contribution is 5.37. The Morgan fingerprint density at radius 3 is 2.18 bits per heavy atom. The van der Waals surface area contributed by atoms with Gasteiger partial charge >= 0.3 is 0 Å². The summed E-state index contributed by atoms with van der Waals surface area (Å²) in [7, 11) is 0. The molecule has 0 aromatic heterocycles. The van der Waals surface area contributed by atoms with E-state index < -0.39 is 0 Å². The molecule has 2 aliphatic rings. The van der Waals surface area contributed by atoms with Gasteiger partial charge in [-0.05, 0) is 66.2 Å². The molecule has 0 radical (unpaired) electrons. The molecule has 0 N–H and O–H groups in total. The molecular weight excluding hydrogens is 340 g/mol. The topological polar surface area (TPSA) is 9.23 Å². The lowest BCUT2D eigenvalue weighted by Crippen LogP contribution is -2.24. The fourth-order valence-electron chi connectivity index (χ4n) is 5.39. The summed E-state index contributed by atoms with van der Waals surface area (Å²) < 4.78 is 6.28. The first-order valence-electron chi connectivity index (χ1n) is 11.6. The van der Waals surface area contributed by atoms with E-state index in [1.165, 1.54) is 56.9 Å².